The van der Waals surface area contributed by atoms with Crippen molar-refractivity contribution in [3.05, 3.63) is 11.6 Å². The van der Waals surface area contributed by atoms with Crippen LogP contribution in [0.25, 0.3) is 0 Å². The molecule has 0 atom stereocenters. The first-order chi connectivity index (χ1) is 7.44. The molecular formula is C13H23NO2. The Morgan fingerprint density at radius 1 is 1.44 bits per heavy atom. The number of carbonyl (C=O) groups excluding carboxylic acids is 1. The van der Waals surface area contributed by atoms with Crippen molar-refractivity contribution in [1.82, 2.24) is 5.32 Å². The van der Waals surface area contributed by atoms with Gasteiger partial charge in [0.15, 0.2) is 0 Å². The van der Waals surface area contributed by atoms with E-state index in [0.717, 1.165) is 12.8 Å². The Balaban J connectivity index is 2.43. The summed E-state index contributed by atoms with van der Waals surface area (Å²) in [6, 6.07) is 0. The topological polar surface area (TPSA) is 49.3 Å². The summed E-state index contributed by atoms with van der Waals surface area (Å²) in [5, 5.41) is 13.0. The van der Waals surface area contributed by atoms with Gasteiger partial charge in [0, 0.05) is 6.54 Å². The van der Waals surface area contributed by atoms with Crippen molar-refractivity contribution in [2.75, 3.05) is 6.54 Å². The van der Waals surface area contributed by atoms with Gasteiger partial charge in [-0.1, -0.05) is 18.6 Å². The fourth-order valence-electron chi connectivity index (χ4n) is 1.98. The third kappa shape index (κ3) is 3.63. The highest BCUT2D eigenvalue weighted by molar-refractivity contribution is 5.85. The number of allylic oxidation sites excluding steroid dienone is 1. The molecular weight excluding hydrogens is 202 g/mol. The molecule has 0 aromatic carbocycles. The van der Waals surface area contributed by atoms with E-state index in [9.17, 15) is 9.90 Å². The third-order valence-electron chi connectivity index (χ3n) is 3.30. The molecule has 2 N–H and O–H groups in total. The van der Waals surface area contributed by atoms with Crippen LogP contribution in [-0.4, -0.2) is 23.2 Å². The van der Waals surface area contributed by atoms with Gasteiger partial charge in [-0.05, 0) is 45.4 Å². The molecule has 0 aromatic rings. The van der Waals surface area contributed by atoms with Crippen molar-refractivity contribution in [3.63, 3.8) is 0 Å². The number of carbonyl (C=O) groups is 1. The van der Waals surface area contributed by atoms with Gasteiger partial charge in [-0.25, -0.2) is 0 Å². The second-order valence-corrected chi connectivity index (χ2v) is 5.21. The van der Waals surface area contributed by atoms with Gasteiger partial charge in [-0.3, -0.25) is 4.79 Å². The van der Waals surface area contributed by atoms with Crippen molar-refractivity contribution in [2.24, 2.45) is 5.92 Å². The molecule has 16 heavy (non-hydrogen) atoms. The first kappa shape index (κ1) is 13.2. The van der Waals surface area contributed by atoms with E-state index in [1.165, 1.54) is 5.57 Å². The number of nitrogens with one attached hydrogen (secondary N) is 1. The summed E-state index contributed by atoms with van der Waals surface area (Å²) in [5.41, 5.74) is 0.0479. The number of rotatable bonds is 3. The molecule has 0 unspecified atom stereocenters. The molecule has 1 aliphatic carbocycles. The summed E-state index contributed by atoms with van der Waals surface area (Å²) >= 11 is 0. The van der Waals surface area contributed by atoms with E-state index < -0.39 is 5.60 Å². The standard InChI is InChI=1S/C13H23NO2/c1-10(2)6-9-14-12(15)13(16)7-4-11(3)5-8-13/h6,11,16H,4-5,7-9H2,1-3H3,(H,14,15). The smallest absolute Gasteiger partial charge is 0.252 e. The Kier molecular flexibility index (Phi) is 4.54. The van der Waals surface area contributed by atoms with E-state index in [2.05, 4.69) is 12.2 Å². The predicted molar refractivity (Wildman–Crippen MR) is 65.0 cm³/mol. The maximum Gasteiger partial charge on any atom is 0.252 e. The molecule has 1 fully saturated rings. The SMILES string of the molecule is CC(C)=CCNC(=O)C1(O)CCC(C)CC1. The fourth-order valence-corrected chi connectivity index (χ4v) is 1.98. The molecule has 0 saturated heterocycles. The van der Waals surface area contributed by atoms with Gasteiger partial charge in [0.25, 0.3) is 5.91 Å². The zero-order valence-electron chi connectivity index (χ0n) is 10.5. The lowest BCUT2D eigenvalue weighted by Gasteiger charge is -2.33. The zero-order valence-corrected chi connectivity index (χ0v) is 10.5. The van der Waals surface area contributed by atoms with Crippen molar-refractivity contribution in [1.29, 1.82) is 0 Å². The van der Waals surface area contributed by atoms with Crippen LogP contribution in [0.15, 0.2) is 11.6 Å². The monoisotopic (exact) mass is 225 g/mol. The molecule has 1 amide bonds. The average molecular weight is 225 g/mol. The lowest BCUT2D eigenvalue weighted by molar-refractivity contribution is -0.143. The maximum atomic E-state index is 11.8. The van der Waals surface area contributed by atoms with Crippen LogP contribution in [0.1, 0.15) is 46.5 Å². The van der Waals surface area contributed by atoms with Gasteiger partial charge in [0.1, 0.15) is 5.60 Å². The van der Waals surface area contributed by atoms with Crippen LogP contribution in [0.4, 0.5) is 0 Å². The lowest BCUT2D eigenvalue weighted by atomic mass is 9.79. The molecule has 0 bridgehead atoms. The zero-order chi connectivity index (χ0) is 12.2. The van der Waals surface area contributed by atoms with E-state index in [0.29, 0.717) is 25.3 Å². The Bertz CT molecular complexity index is 272. The van der Waals surface area contributed by atoms with E-state index >= 15 is 0 Å². The number of hydrogen-bond donors (Lipinski definition) is 2. The summed E-state index contributed by atoms with van der Waals surface area (Å²) in [6.07, 6.45) is 5.01. The van der Waals surface area contributed by atoms with E-state index in [1.807, 2.05) is 19.9 Å². The van der Waals surface area contributed by atoms with Crippen molar-refractivity contribution >= 4 is 5.91 Å². The molecule has 1 saturated carbocycles. The number of hydrogen-bond acceptors (Lipinski definition) is 2. The highest BCUT2D eigenvalue weighted by Gasteiger charge is 2.38. The molecule has 1 rings (SSSR count). The van der Waals surface area contributed by atoms with Crippen LogP contribution in [-0.2, 0) is 4.79 Å². The van der Waals surface area contributed by atoms with E-state index in [1.54, 1.807) is 0 Å². The third-order valence-corrected chi connectivity index (χ3v) is 3.30. The van der Waals surface area contributed by atoms with Crippen LogP contribution in [0.5, 0.6) is 0 Å². The summed E-state index contributed by atoms with van der Waals surface area (Å²) in [7, 11) is 0. The molecule has 92 valence electrons. The van der Waals surface area contributed by atoms with Crippen LogP contribution < -0.4 is 5.32 Å². The molecule has 0 aliphatic heterocycles. The first-order valence-electron chi connectivity index (χ1n) is 6.08. The molecule has 0 radical (unpaired) electrons. The number of amides is 1. The minimum absolute atomic E-state index is 0.211. The Hall–Kier alpha value is -0.830. The molecule has 3 nitrogen and oxygen atoms in total. The summed E-state index contributed by atoms with van der Waals surface area (Å²) < 4.78 is 0. The van der Waals surface area contributed by atoms with Crippen molar-refractivity contribution in [3.8, 4) is 0 Å². The molecule has 3 heteroatoms. The van der Waals surface area contributed by atoms with Gasteiger partial charge in [-0.15, -0.1) is 0 Å². The van der Waals surface area contributed by atoms with Crippen LogP contribution in [0.2, 0.25) is 0 Å². The lowest BCUT2D eigenvalue weighted by Crippen LogP contribution is -2.48. The number of aliphatic hydroxyl groups is 1. The fraction of sp³-hybridized carbons (Fsp3) is 0.769. The van der Waals surface area contributed by atoms with E-state index in [-0.39, 0.29) is 5.91 Å². The molecule has 0 aromatic heterocycles. The van der Waals surface area contributed by atoms with Gasteiger partial charge in [0.05, 0.1) is 0 Å². The van der Waals surface area contributed by atoms with Crippen molar-refractivity contribution in [2.45, 2.75) is 52.1 Å². The van der Waals surface area contributed by atoms with Gasteiger partial charge >= 0.3 is 0 Å². The summed E-state index contributed by atoms with van der Waals surface area (Å²) in [5.74, 6) is 0.419. The van der Waals surface area contributed by atoms with Gasteiger partial charge in [0.2, 0.25) is 0 Å². The van der Waals surface area contributed by atoms with Gasteiger partial charge < -0.3 is 10.4 Å². The quantitative estimate of drug-likeness (QED) is 0.722. The molecule has 1 aliphatic rings. The van der Waals surface area contributed by atoms with Gasteiger partial charge in [-0.2, -0.15) is 0 Å². The van der Waals surface area contributed by atoms with Crippen LogP contribution in [0.3, 0.4) is 0 Å². The second-order valence-electron chi connectivity index (χ2n) is 5.21. The Morgan fingerprint density at radius 3 is 2.50 bits per heavy atom. The predicted octanol–water partition coefficient (Wildman–Crippen LogP) is 2.01. The second kappa shape index (κ2) is 5.48. The Morgan fingerprint density at radius 2 is 2.00 bits per heavy atom. The van der Waals surface area contributed by atoms with Crippen molar-refractivity contribution < 1.29 is 9.90 Å². The largest absolute Gasteiger partial charge is 0.380 e. The maximum absolute atomic E-state index is 11.8. The highest BCUT2D eigenvalue weighted by atomic mass is 16.3. The van der Waals surface area contributed by atoms with E-state index in [4.69, 9.17) is 0 Å². The average Bonchev–Trinajstić information content (AvgIpc) is 2.22. The minimum Gasteiger partial charge on any atom is -0.380 e. The molecule has 0 spiro atoms. The van der Waals surface area contributed by atoms with Crippen LogP contribution >= 0.6 is 0 Å². The first-order valence-corrected chi connectivity index (χ1v) is 6.08. The normalized spacial score (nSPS) is 29.6. The highest BCUT2D eigenvalue weighted by Crippen LogP contribution is 2.31. The van der Waals surface area contributed by atoms with Crippen LogP contribution in [0, 0.1) is 5.92 Å². The summed E-state index contributed by atoms with van der Waals surface area (Å²) in [4.78, 5) is 11.8. The Labute approximate surface area is 97.9 Å². The summed E-state index contributed by atoms with van der Waals surface area (Å²) in [6.45, 7) is 6.66. The molecule has 0 heterocycles. The minimum atomic E-state index is -1.12.